The van der Waals surface area contributed by atoms with Crippen molar-refractivity contribution in [2.75, 3.05) is 0 Å². The third-order valence-corrected chi connectivity index (χ3v) is 5.90. The van der Waals surface area contributed by atoms with Gasteiger partial charge in [0.2, 0.25) is 0 Å². The summed E-state index contributed by atoms with van der Waals surface area (Å²) in [6, 6.07) is 20.6. The van der Waals surface area contributed by atoms with Crippen molar-refractivity contribution < 1.29 is 4.42 Å². The van der Waals surface area contributed by atoms with Crippen LogP contribution in [-0.4, -0.2) is 20.0 Å². The van der Waals surface area contributed by atoms with Crippen LogP contribution in [0.3, 0.4) is 0 Å². The lowest BCUT2D eigenvalue weighted by Gasteiger charge is -2.16. The first-order valence-corrected chi connectivity index (χ1v) is 10.9. The summed E-state index contributed by atoms with van der Waals surface area (Å²) in [4.78, 5) is 5.05. The van der Waals surface area contributed by atoms with Gasteiger partial charge in [-0.25, -0.2) is 9.67 Å². The summed E-state index contributed by atoms with van der Waals surface area (Å²) in [6.07, 6.45) is 8.63. The third kappa shape index (κ3) is 3.92. The molecule has 0 spiro atoms. The van der Waals surface area contributed by atoms with Crippen molar-refractivity contribution in [3.05, 3.63) is 78.4 Å². The average molecular weight is 399 g/mol. The number of nitrogens with zero attached hydrogens (tertiary/aromatic N) is 4. The zero-order chi connectivity index (χ0) is 20.2. The van der Waals surface area contributed by atoms with Crippen molar-refractivity contribution in [1.82, 2.24) is 20.0 Å². The molecule has 0 fully saturated rings. The number of oxazole rings is 1. The van der Waals surface area contributed by atoms with Crippen LogP contribution >= 0.6 is 0 Å². The third-order valence-electron chi connectivity index (χ3n) is 5.90. The molecular formula is C25H26N4O. The highest BCUT2D eigenvalue weighted by Gasteiger charge is 2.25. The van der Waals surface area contributed by atoms with Gasteiger partial charge < -0.3 is 4.42 Å². The highest BCUT2D eigenvalue weighted by molar-refractivity contribution is 5.76. The van der Waals surface area contributed by atoms with Crippen molar-refractivity contribution >= 4 is 0 Å². The Hall–Kier alpha value is -3.21. The second-order valence-corrected chi connectivity index (χ2v) is 8.01. The summed E-state index contributed by atoms with van der Waals surface area (Å²) in [6.45, 7) is 0.943. The lowest BCUT2D eigenvalue weighted by molar-refractivity contribution is 0.400. The van der Waals surface area contributed by atoms with Crippen molar-refractivity contribution in [3.63, 3.8) is 0 Å². The van der Waals surface area contributed by atoms with E-state index in [-0.39, 0.29) is 5.92 Å². The fourth-order valence-corrected chi connectivity index (χ4v) is 4.28. The van der Waals surface area contributed by atoms with Crippen LogP contribution in [0.2, 0.25) is 0 Å². The molecule has 30 heavy (non-hydrogen) atoms. The Morgan fingerprint density at radius 1 is 0.833 bits per heavy atom. The molecule has 1 unspecified atom stereocenters. The molecule has 0 N–H and O–H groups in total. The van der Waals surface area contributed by atoms with Gasteiger partial charge >= 0.3 is 0 Å². The molecule has 0 saturated carbocycles. The first-order chi connectivity index (χ1) is 14.9. The smallest absolute Gasteiger partial charge is 0.199 e. The first-order valence-electron chi connectivity index (χ1n) is 10.9. The lowest BCUT2D eigenvalue weighted by atomic mass is 9.95. The Morgan fingerprint density at radius 3 is 2.37 bits per heavy atom. The predicted molar refractivity (Wildman–Crippen MR) is 117 cm³/mol. The van der Waals surface area contributed by atoms with Crippen LogP contribution in [0.25, 0.3) is 22.6 Å². The molecule has 0 radical (unpaired) electrons. The van der Waals surface area contributed by atoms with E-state index in [0.717, 1.165) is 54.3 Å². The van der Waals surface area contributed by atoms with E-state index in [4.69, 9.17) is 9.40 Å². The highest BCUT2D eigenvalue weighted by atomic mass is 16.4. The van der Waals surface area contributed by atoms with Gasteiger partial charge in [-0.3, -0.25) is 0 Å². The molecule has 3 heterocycles. The normalized spacial score (nSPS) is 17.4. The molecule has 0 saturated heterocycles. The molecule has 1 aliphatic heterocycles. The van der Waals surface area contributed by atoms with E-state index < -0.39 is 0 Å². The van der Waals surface area contributed by atoms with Crippen LogP contribution < -0.4 is 0 Å². The van der Waals surface area contributed by atoms with Crippen LogP contribution in [0, 0.1) is 0 Å². The van der Waals surface area contributed by atoms with Crippen LogP contribution in [-0.2, 0) is 13.0 Å². The SMILES string of the molecule is c1ccc(-c2nc(C3CCCCCCn4nncc4C3)oc2-c2ccccc2)cc1. The largest absolute Gasteiger partial charge is 0.440 e. The zero-order valence-electron chi connectivity index (χ0n) is 17.1. The van der Waals surface area contributed by atoms with Gasteiger partial charge in [-0.05, 0) is 12.8 Å². The zero-order valence-corrected chi connectivity index (χ0v) is 17.1. The number of aryl methyl sites for hydroxylation is 1. The highest BCUT2D eigenvalue weighted by Crippen LogP contribution is 2.37. The summed E-state index contributed by atoms with van der Waals surface area (Å²) in [5.41, 5.74) is 4.22. The fourth-order valence-electron chi connectivity index (χ4n) is 4.28. The molecule has 5 rings (SSSR count). The first kappa shape index (κ1) is 18.8. The molecule has 5 heteroatoms. The molecule has 0 bridgehead atoms. The van der Waals surface area contributed by atoms with Crippen molar-refractivity contribution in [1.29, 1.82) is 0 Å². The van der Waals surface area contributed by atoms with Gasteiger partial charge in [0, 0.05) is 30.0 Å². The maximum absolute atomic E-state index is 6.49. The van der Waals surface area contributed by atoms with Gasteiger partial charge in [0.25, 0.3) is 0 Å². The van der Waals surface area contributed by atoms with Crippen LogP contribution in [0.15, 0.2) is 71.3 Å². The number of hydrogen-bond acceptors (Lipinski definition) is 4. The van der Waals surface area contributed by atoms with E-state index in [2.05, 4.69) is 39.3 Å². The van der Waals surface area contributed by atoms with E-state index in [1.165, 1.54) is 25.0 Å². The van der Waals surface area contributed by atoms with Gasteiger partial charge in [-0.15, -0.1) is 5.10 Å². The van der Waals surface area contributed by atoms with Crippen molar-refractivity contribution in [2.45, 2.75) is 51.0 Å². The van der Waals surface area contributed by atoms with Crippen molar-refractivity contribution in [2.24, 2.45) is 0 Å². The van der Waals surface area contributed by atoms with Crippen LogP contribution in [0.1, 0.15) is 49.6 Å². The maximum Gasteiger partial charge on any atom is 0.199 e. The van der Waals surface area contributed by atoms with Gasteiger partial charge in [-0.2, -0.15) is 0 Å². The number of aromatic nitrogens is 4. The van der Waals surface area contributed by atoms with Gasteiger partial charge in [-0.1, -0.05) is 85.1 Å². The lowest BCUT2D eigenvalue weighted by Crippen LogP contribution is -2.12. The molecule has 5 nitrogen and oxygen atoms in total. The number of hydrogen-bond donors (Lipinski definition) is 0. The van der Waals surface area contributed by atoms with Crippen LogP contribution in [0.5, 0.6) is 0 Å². The minimum atomic E-state index is 0.222. The van der Waals surface area contributed by atoms with Crippen LogP contribution in [0.4, 0.5) is 0 Å². The number of benzene rings is 2. The molecule has 0 amide bonds. The Morgan fingerprint density at radius 2 is 1.57 bits per heavy atom. The second kappa shape index (κ2) is 8.66. The molecule has 2 aromatic heterocycles. The molecule has 4 aromatic rings. The quantitative estimate of drug-likeness (QED) is 0.432. The second-order valence-electron chi connectivity index (χ2n) is 8.01. The Balaban J connectivity index is 1.56. The monoisotopic (exact) mass is 398 g/mol. The van der Waals surface area contributed by atoms with Gasteiger partial charge in [0.15, 0.2) is 11.7 Å². The predicted octanol–water partition coefficient (Wildman–Crippen LogP) is 5.89. The van der Waals surface area contributed by atoms with E-state index in [0.29, 0.717) is 0 Å². The average Bonchev–Trinajstić information content (AvgIpc) is 3.44. The van der Waals surface area contributed by atoms with E-state index in [1.54, 1.807) is 0 Å². The summed E-state index contributed by atoms with van der Waals surface area (Å²) in [5.74, 6) is 1.89. The van der Waals surface area contributed by atoms with E-state index >= 15 is 0 Å². The van der Waals surface area contributed by atoms with E-state index in [1.807, 2.05) is 42.6 Å². The van der Waals surface area contributed by atoms with E-state index in [9.17, 15) is 0 Å². The maximum atomic E-state index is 6.49. The topological polar surface area (TPSA) is 56.7 Å². The van der Waals surface area contributed by atoms with Gasteiger partial charge in [0.05, 0.1) is 11.9 Å². The Bertz CT molecular complexity index is 1030. The van der Waals surface area contributed by atoms with Gasteiger partial charge in [0.1, 0.15) is 5.69 Å². The minimum Gasteiger partial charge on any atom is -0.440 e. The Labute approximate surface area is 176 Å². The minimum absolute atomic E-state index is 0.222. The molecule has 1 atom stereocenters. The molecule has 152 valence electrons. The summed E-state index contributed by atoms with van der Waals surface area (Å²) in [5, 5.41) is 8.45. The standard InChI is InChI=1S/C25H26N4O/c1-2-10-16-29-22(18-26-28-29)17-21(15-5-1)25-27-23(19-11-6-3-7-12-19)24(30-25)20-13-8-4-9-14-20/h3-4,6-9,11-14,18,21H,1-2,5,10,15-17H2. The molecule has 1 aliphatic rings. The molecule has 2 aromatic carbocycles. The molecule has 0 aliphatic carbocycles. The summed E-state index contributed by atoms with van der Waals surface area (Å²) < 4.78 is 8.55. The number of rotatable bonds is 3. The number of fused-ring (bicyclic) bond motifs is 1. The fraction of sp³-hybridized carbons (Fsp3) is 0.320. The summed E-state index contributed by atoms with van der Waals surface area (Å²) >= 11 is 0. The Kier molecular flexibility index (Phi) is 5.42. The van der Waals surface area contributed by atoms with Crippen molar-refractivity contribution in [3.8, 4) is 22.6 Å². The summed E-state index contributed by atoms with van der Waals surface area (Å²) in [7, 11) is 0. The molecular weight excluding hydrogens is 372 g/mol.